The fourth-order valence-corrected chi connectivity index (χ4v) is 2.93. The van der Waals surface area contributed by atoms with Crippen molar-refractivity contribution in [2.75, 3.05) is 13.1 Å². The summed E-state index contributed by atoms with van der Waals surface area (Å²) in [4.78, 5) is 11.9. The van der Waals surface area contributed by atoms with Crippen LogP contribution < -0.4 is 16.0 Å². The Morgan fingerprint density at radius 1 is 1.30 bits per heavy atom. The van der Waals surface area contributed by atoms with E-state index < -0.39 is 5.60 Å². The molecular formula is C18H37N3O2. The lowest BCUT2D eigenvalue weighted by atomic mass is 10.0. The number of hydrogen-bond acceptors (Lipinski definition) is 4. The highest BCUT2D eigenvalue weighted by molar-refractivity contribution is 5.68. The third-order valence-corrected chi connectivity index (χ3v) is 4.23. The molecule has 1 saturated heterocycles. The van der Waals surface area contributed by atoms with Gasteiger partial charge in [0.25, 0.3) is 0 Å². The smallest absolute Gasteiger partial charge is 0.407 e. The van der Waals surface area contributed by atoms with E-state index >= 15 is 0 Å². The first kappa shape index (κ1) is 20.2. The number of ether oxygens (including phenoxy) is 1. The molecule has 0 aromatic carbocycles. The highest BCUT2D eigenvalue weighted by Gasteiger charge is 2.20. The highest BCUT2D eigenvalue weighted by atomic mass is 16.6. The molecule has 0 aromatic rings. The summed E-state index contributed by atoms with van der Waals surface area (Å²) in [5.41, 5.74) is -0.450. The van der Waals surface area contributed by atoms with Crippen LogP contribution >= 0.6 is 0 Å². The first-order valence-electron chi connectivity index (χ1n) is 9.26. The molecule has 1 amide bonds. The number of hydrogen-bond donors (Lipinski definition) is 3. The van der Waals surface area contributed by atoms with E-state index in [2.05, 4.69) is 29.8 Å². The van der Waals surface area contributed by atoms with E-state index in [0.29, 0.717) is 12.1 Å². The van der Waals surface area contributed by atoms with E-state index in [4.69, 9.17) is 4.74 Å². The molecule has 3 N–H and O–H groups in total. The van der Waals surface area contributed by atoms with Crippen molar-refractivity contribution in [3.8, 4) is 0 Å². The third-order valence-electron chi connectivity index (χ3n) is 4.23. The van der Waals surface area contributed by atoms with Crippen LogP contribution in [0.25, 0.3) is 0 Å². The summed E-state index contributed by atoms with van der Waals surface area (Å²) in [5, 5.41) is 10.2. The molecule has 0 bridgehead atoms. The van der Waals surface area contributed by atoms with Gasteiger partial charge in [0.05, 0.1) is 0 Å². The molecule has 136 valence electrons. The number of amides is 1. The Morgan fingerprint density at radius 2 is 2.04 bits per heavy atom. The maximum atomic E-state index is 11.9. The van der Waals surface area contributed by atoms with Crippen molar-refractivity contribution in [3.63, 3.8) is 0 Å². The van der Waals surface area contributed by atoms with Gasteiger partial charge in [-0.3, -0.25) is 0 Å². The molecule has 0 radical (unpaired) electrons. The molecule has 1 aliphatic rings. The summed E-state index contributed by atoms with van der Waals surface area (Å²) >= 11 is 0. The molecule has 5 nitrogen and oxygen atoms in total. The minimum Gasteiger partial charge on any atom is -0.444 e. The van der Waals surface area contributed by atoms with E-state index in [1.54, 1.807) is 0 Å². The average molecular weight is 328 g/mol. The van der Waals surface area contributed by atoms with Crippen LogP contribution in [0.5, 0.6) is 0 Å². The molecule has 0 saturated carbocycles. The summed E-state index contributed by atoms with van der Waals surface area (Å²) in [7, 11) is 0. The molecule has 0 aromatic heterocycles. The molecule has 3 atom stereocenters. The lowest BCUT2D eigenvalue weighted by Crippen LogP contribution is -2.46. The van der Waals surface area contributed by atoms with Crippen LogP contribution in [0.3, 0.4) is 0 Å². The summed E-state index contributed by atoms with van der Waals surface area (Å²) < 4.78 is 5.32. The lowest BCUT2D eigenvalue weighted by Gasteiger charge is -2.26. The Bertz CT molecular complexity index is 334. The number of carbonyl (C=O) groups is 1. The number of carbonyl (C=O) groups excluding carboxylic acids is 1. The van der Waals surface area contributed by atoms with E-state index in [1.165, 1.54) is 25.7 Å². The third kappa shape index (κ3) is 9.82. The van der Waals surface area contributed by atoms with Crippen LogP contribution in [-0.4, -0.2) is 42.9 Å². The summed E-state index contributed by atoms with van der Waals surface area (Å²) in [5.74, 6) is 0. The fraction of sp³-hybridized carbons (Fsp3) is 0.944. The van der Waals surface area contributed by atoms with Gasteiger partial charge < -0.3 is 20.7 Å². The van der Waals surface area contributed by atoms with Crippen LogP contribution in [0, 0.1) is 0 Å². The van der Waals surface area contributed by atoms with Crippen LogP contribution in [0.15, 0.2) is 0 Å². The molecule has 0 aliphatic carbocycles. The van der Waals surface area contributed by atoms with Gasteiger partial charge in [0.15, 0.2) is 0 Å². The van der Waals surface area contributed by atoms with Gasteiger partial charge in [-0.2, -0.15) is 0 Å². The molecule has 1 fully saturated rings. The van der Waals surface area contributed by atoms with E-state index in [0.717, 1.165) is 25.9 Å². The van der Waals surface area contributed by atoms with Crippen molar-refractivity contribution in [2.24, 2.45) is 0 Å². The zero-order valence-corrected chi connectivity index (χ0v) is 15.7. The zero-order valence-electron chi connectivity index (χ0n) is 15.7. The minimum atomic E-state index is -0.450. The number of alkyl carbamates (subject to hydrolysis) is 1. The van der Waals surface area contributed by atoms with E-state index in [9.17, 15) is 4.79 Å². The topological polar surface area (TPSA) is 62.4 Å². The average Bonchev–Trinajstić information content (AvgIpc) is 2.70. The van der Waals surface area contributed by atoms with Crippen LogP contribution in [0.1, 0.15) is 73.1 Å². The van der Waals surface area contributed by atoms with Gasteiger partial charge in [0, 0.05) is 24.7 Å². The van der Waals surface area contributed by atoms with Gasteiger partial charge in [-0.25, -0.2) is 4.79 Å². The molecule has 5 heteroatoms. The minimum absolute atomic E-state index is 0.106. The standard InChI is InChI=1S/C18H37N3O2/c1-6-15(21-17(22)23-18(3,4)5)13-20-14(2)12-16-10-8-7-9-11-19-16/h14-16,19-20H,6-13H2,1-5H3,(H,21,22). The Kier molecular flexibility index (Phi) is 8.92. The van der Waals surface area contributed by atoms with Crippen molar-refractivity contribution in [2.45, 2.75) is 96.9 Å². The second kappa shape index (κ2) is 10.1. The van der Waals surface area contributed by atoms with Gasteiger partial charge in [0.1, 0.15) is 5.60 Å². The first-order valence-corrected chi connectivity index (χ1v) is 9.26. The predicted molar refractivity (Wildman–Crippen MR) is 95.8 cm³/mol. The molecule has 0 spiro atoms. The van der Waals surface area contributed by atoms with Crippen LogP contribution in [0.2, 0.25) is 0 Å². The largest absolute Gasteiger partial charge is 0.444 e. The predicted octanol–water partition coefficient (Wildman–Crippen LogP) is 3.19. The molecular weight excluding hydrogens is 290 g/mol. The van der Waals surface area contributed by atoms with Gasteiger partial charge in [-0.15, -0.1) is 0 Å². The van der Waals surface area contributed by atoms with E-state index in [-0.39, 0.29) is 12.1 Å². The Balaban J connectivity index is 2.28. The monoisotopic (exact) mass is 327 g/mol. The Labute approximate surface area is 142 Å². The van der Waals surface area contributed by atoms with Gasteiger partial charge in [0.2, 0.25) is 0 Å². The van der Waals surface area contributed by atoms with Gasteiger partial charge in [-0.1, -0.05) is 19.8 Å². The number of nitrogens with one attached hydrogen (secondary N) is 3. The zero-order chi connectivity index (χ0) is 17.3. The SMILES string of the molecule is CCC(CNC(C)CC1CCCCCN1)NC(=O)OC(C)(C)C. The molecule has 3 unspecified atom stereocenters. The Hall–Kier alpha value is -0.810. The highest BCUT2D eigenvalue weighted by Crippen LogP contribution is 2.12. The molecule has 1 aliphatic heterocycles. The summed E-state index contributed by atoms with van der Waals surface area (Å²) in [6, 6.07) is 1.17. The molecule has 1 heterocycles. The summed E-state index contributed by atoms with van der Waals surface area (Å²) in [6.45, 7) is 11.9. The van der Waals surface area contributed by atoms with Crippen molar-refractivity contribution in [1.82, 2.24) is 16.0 Å². The van der Waals surface area contributed by atoms with E-state index in [1.807, 2.05) is 20.8 Å². The van der Waals surface area contributed by atoms with Crippen molar-refractivity contribution >= 4 is 6.09 Å². The van der Waals surface area contributed by atoms with Gasteiger partial charge >= 0.3 is 6.09 Å². The van der Waals surface area contributed by atoms with Crippen molar-refractivity contribution < 1.29 is 9.53 Å². The maximum absolute atomic E-state index is 11.9. The summed E-state index contributed by atoms with van der Waals surface area (Å²) in [6.07, 6.45) is 6.97. The Morgan fingerprint density at radius 3 is 2.70 bits per heavy atom. The normalized spacial score (nSPS) is 22.0. The first-order chi connectivity index (χ1) is 10.8. The fourth-order valence-electron chi connectivity index (χ4n) is 2.93. The second-order valence-electron chi connectivity index (χ2n) is 7.80. The van der Waals surface area contributed by atoms with Crippen LogP contribution in [-0.2, 0) is 4.74 Å². The van der Waals surface area contributed by atoms with Crippen molar-refractivity contribution in [1.29, 1.82) is 0 Å². The quantitative estimate of drug-likeness (QED) is 0.672. The second-order valence-corrected chi connectivity index (χ2v) is 7.80. The van der Waals surface area contributed by atoms with Crippen molar-refractivity contribution in [3.05, 3.63) is 0 Å². The molecule has 1 rings (SSSR count). The lowest BCUT2D eigenvalue weighted by molar-refractivity contribution is 0.0501. The number of rotatable bonds is 7. The maximum Gasteiger partial charge on any atom is 0.407 e. The molecule has 23 heavy (non-hydrogen) atoms. The van der Waals surface area contributed by atoms with Crippen LogP contribution in [0.4, 0.5) is 4.79 Å². The van der Waals surface area contributed by atoms with Gasteiger partial charge in [-0.05, 0) is 59.9 Å².